The van der Waals surface area contributed by atoms with Crippen molar-refractivity contribution in [2.24, 2.45) is 5.73 Å². The molecule has 0 fully saturated rings. The number of nitrogens with one attached hydrogen (secondary N) is 1. The molecule has 0 aliphatic rings. The summed E-state index contributed by atoms with van der Waals surface area (Å²) in [4.78, 5) is 0.346. The summed E-state index contributed by atoms with van der Waals surface area (Å²) in [5, 5.41) is 3.94. The van der Waals surface area contributed by atoms with Crippen LogP contribution in [0.1, 0.15) is 11.1 Å². The van der Waals surface area contributed by atoms with Crippen LogP contribution in [0.4, 0.5) is 5.69 Å². The lowest BCUT2D eigenvalue weighted by molar-refractivity contribution is 0.414. The zero-order valence-corrected chi connectivity index (χ0v) is 12.6. The molecule has 104 valence electrons. The van der Waals surface area contributed by atoms with Gasteiger partial charge >= 0.3 is 0 Å². The summed E-state index contributed by atoms with van der Waals surface area (Å²) in [7, 11) is 1.65. The van der Waals surface area contributed by atoms with E-state index in [0.29, 0.717) is 16.6 Å². The van der Waals surface area contributed by atoms with Gasteiger partial charge in [-0.05, 0) is 35.9 Å². The summed E-state index contributed by atoms with van der Waals surface area (Å²) in [6.07, 6.45) is 0. The molecule has 0 amide bonds. The Bertz CT molecular complexity index is 614. The molecule has 3 N–H and O–H groups in total. The topological polar surface area (TPSA) is 47.3 Å². The van der Waals surface area contributed by atoms with E-state index in [1.165, 1.54) is 0 Å². The molecule has 0 spiro atoms. The molecule has 0 aliphatic heterocycles. The second-order valence-electron chi connectivity index (χ2n) is 4.26. The van der Waals surface area contributed by atoms with Gasteiger partial charge in [0.25, 0.3) is 0 Å². The molecule has 0 saturated heterocycles. The molecule has 5 heteroatoms. The minimum absolute atomic E-state index is 0.346. The van der Waals surface area contributed by atoms with Crippen molar-refractivity contribution < 1.29 is 4.74 Å². The summed E-state index contributed by atoms with van der Waals surface area (Å²) < 4.78 is 5.13. The van der Waals surface area contributed by atoms with Crippen molar-refractivity contribution in [2.75, 3.05) is 12.4 Å². The van der Waals surface area contributed by atoms with Gasteiger partial charge in [-0.1, -0.05) is 36.0 Å². The SMILES string of the molecule is COc1ccc(CNc2cc(Cl)ccc2C(N)=S)cc1. The van der Waals surface area contributed by atoms with Crippen LogP contribution in [-0.2, 0) is 6.54 Å². The van der Waals surface area contributed by atoms with Crippen LogP contribution in [0.3, 0.4) is 0 Å². The third kappa shape index (κ3) is 3.62. The molecule has 0 unspecified atom stereocenters. The van der Waals surface area contributed by atoms with E-state index in [2.05, 4.69) is 5.32 Å². The Morgan fingerprint density at radius 2 is 1.95 bits per heavy atom. The second kappa shape index (κ2) is 6.59. The summed E-state index contributed by atoms with van der Waals surface area (Å²) in [5.74, 6) is 0.834. The number of nitrogens with two attached hydrogens (primary N) is 1. The molecule has 0 atom stereocenters. The van der Waals surface area contributed by atoms with Crippen LogP contribution in [0.2, 0.25) is 5.02 Å². The zero-order valence-electron chi connectivity index (χ0n) is 11.0. The van der Waals surface area contributed by atoms with Gasteiger partial charge < -0.3 is 15.8 Å². The minimum atomic E-state index is 0.346. The van der Waals surface area contributed by atoms with Crippen LogP contribution in [0, 0.1) is 0 Å². The zero-order chi connectivity index (χ0) is 14.5. The summed E-state index contributed by atoms with van der Waals surface area (Å²) >= 11 is 11.0. The Morgan fingerprint density at radius 1 is 1.25 bits per heavy atom. The molecule has 0 radical (unpaired) electrons. The van der Waals surface area contributed by atoms with Gasteiger partial charge in [-0.2, -0.15) is 0 Å². The van der Waals surface area contributed by atoms with E-state index in [0.717, 1.165) is 22.6 Å². The number of thiocarbonyl (C=S) groups is 1. The normalized spacial score (nSPS) is 10.1. The second-order valence-corrected chi connectivity index (χ2v) is 5.13. The van der Waals surface area contributed by atoms with Gasteiger partial charge in [0.05, 0.1) is 7.11 Å². The highest BCUT2D eigenvalue weighted by Gasteiger charge is 2.06. The predicted octanol–water partition coefficient (Wildman–Crippen LogP) is 3.59. The largest absolute Gasteiger partial charge is 0.497 e. The van der Waals surface area contributed by atoms with Crippen LogP contribution in [-0.4, -0.2) is 12.1 Å². The number of anilines is 1. The van der Waals surface area contributed by atoms with E-state index < -0.39 is 0 Å². The number of hydrogen-bond donors (Lipinski definition) is 2. The summed E-state index contributed by atoms with van der Waals surface area (Å²) in [6.45, 7) is 0.653. The van der Waals surface area contributed by atoms with Crippen LogP contribution in [0.25, 0.3) is 0 Å². The molecule has 20 heavy (non-hydrogen) atoms. The van der Waals surface area contributed by atoms with Gasteiger partial charge in [0.2, 0.25) is 0 Å². The average Bonchev–Trinajstić information content (AvgIpc) is 2.45. The van der Waals surface area contributed by atoms with E-state index in [1.54, 1.807) is 13.2 Å². The van der Waals surface area contributed by atoms with Gasteiger partial charge in [-0.25, -0.2) is 0 Å². The van der Waals surface area contributed by atoms with E-state index in [1.807, 2.05) is 36.4 Å². The van der Waals surface area contributed by atoms with Crippen molar-refractivity contribution in [3.63, 3.8) is 0 Å². The Morgan fingerprint density at radius 3 is 2.55 bits per heavy atom. The highest BCUT2D eigenvalue weighted by atomic mass is 35.5. The molecular formula is C15H15ClN2OS. The van der Waals surface area contributed by atoms with E-state index >= 15 is 0 Å². The molecule has 2 aromatic carbocycles. The van der Waals surface area contributed by atoms with Crippen molar-refractivity contribution in [3.05, 3.63) is 58.6 Å². The standard InChI is InChI=1S/C15H15ClN2OS/c1-19-12-5-2-10(3-6-12)9-18-14-8-11(16)4-7-13(14)15(17)20/h2-8,18H,9H2,1H3,(H2,17,20). The van der Waals surface area contributed by atoms with Gasteiger partial charge in [0, 0.05) is 22.8 Å². The summed E-state index contributed by atoms with van der Waals surface area (Å²) in [5.41, 5.74) is 8.45. The number of rotatable bonds is 5. The molecule has 0 bridgehead atoms. The Labute approximate surface area is 128 Å². The third-order valence-electron chi connectivity index (χ3n) is 2.89. The van der Waals surface area contributed by atoms with Crippen molar-refractivity contribution in [2.45, 2.75) is 6.54 Å². The Kier molecular flexibility index (Phi) is 4.82. The molecule has 0 aliphatic carbocycles. The fourth-order valence-electron chi connectivity index (χ4n) is 1.82. The highest BCUT2D eigenvalue weighted by Crippen LogP contribution is 2.22. The molecule has 0 heterocycles. The van der Waals surface area contributed by atoms with E-state index in [4.69, 9.17) is 34.3 Å². The van der Waals surface area contributed by atoms with Crippen molar-refractivity contribution >= 4 is 34.5 Å². The number of ether oxygens (including phenoxy) is 1. The fraction of sp³-hybridized carbons (Fsp3) is 0.133. The Balaban J connectivity index is 2.13. The van der Waals surface area contributed by atoms with Crippen molar-refractivity contribution in [1.29, 1.82) is 0 Å². The number of hydrogen-bond acceptors (Lipinski definition) is 3. The first-order chi connectivity index (χ1) is 9.60. The third-order valence-corrected chi connectivity index (χ3v) is 3.34. The number of halogens is 1. The molecule has 3 nitrogen and oxygen atoms in total. The minimum Gasteiger partial charge on any atom is -0.497 e. The lowest BCUT2D eigenvalue weighted by Crippen LogP contribution is -2.13. The quantitative estimate of drug-likeness (QED) is 0.829. The molecule has 2 rings (SSSR count). The molecule has 0 aromatic heterocycles. The van der Waals surface area contributed by atoms with Crippen LogP contribution in [0.5, 0.6) is 5.75 Å². The van der Waals surface area contributed by atoms with Crippen LogP contribution in [0.15, 0.2) is 42.5 Å². The molecule has 0 saturated carbocycles. The lowest BCUT2D eigenvalue weighted by atomic mass is 10.1. The van der Waals surface area contributed by atoms with Crippen LogP contribution < -0.4 is 15.8 Å². The van der Waals surface area contributed by atoms with Gasteiger partial charge in [-0.3, -0.25) is 0 Å². The van der Waals surface area contributed by atoms with Crippen molar-refractivity contribution in [1.82, 2.24) is 0 Å². The van der Waals surface area contributed by atoms with Crippen LogP contribution >= 0.6 is 23.8 Å². The van der Waals surface area contributed by atoms with Gasteiger partial charge in [0.15, 0.2) is 0 Å². The Hall–Kier alpha value is -1.78. The average molecular weight is 307 g/mol. The van der Waals surface area contributed by atoms with Gasteiger partial charge in [-0.15, -0.1) is 0 Å². The molecular weight excluding hydrogens is 292 g/mol. The lowest BCUT2D eigenvalue weighted by Gasteiger charge is -2.12. The summed E-state index contributed by atoms with van der Waals surface area (Å²) in [6, 6.07) is 13.2. The smallest absolute Gasteiger partial charge is 0.118 e. The van der Waals surface area contributed by atoms with E-state index in [-0.39, 0.29) is 0 Å². The number of benzene rings is 2. The monoisotopic (exact) mass is 306 g/mol. The maximum absolute atomic E-state index is 6.00. The maximum Gasteiger partial charge on any atom is 0.118 e. The maximum atomic E-state index is 6.00. The first-order valence-electron chi connectivity index (χ1n) is 6.06. The van der Waals surface area contributed by atoms with E-state index in [9.17, 15) is 0 Å². The van der Waals surface area contributed by atoms with Crippen molar-refractivity contribution in [3.8, 4) is 5.75 Å². The fourth-order valence-corrected chi connectivity index (χ4v) is 2.17. The first-order valence-corrected chi connectivity index (χ1v) is 6.85. The highest BCUT2D eigenvalue weighted by molar-refractivity contribution is 7.80. The van der Waals surface area contributed by atoms with Gasteiger partial charge in [0.1, 0.15) is 10.7 Å². The number of methoxy groups -OCH3 is 1. The first kappa shape index (κ1) is 14.6. The predicted molar refractivity (Wildman–Crippen MR) is 87.7 cm³/mol. The molecule has 2 aromatic rings.